The highest BCUT2D eigenvalue weighted by Gasteiger charge is 2.42. The first-order valence-corrected chi connectivity index (χ1v) is 8.94. The summed E-state index contributed by atoms with van der Waals surface area (Å²) in [5.74, 6) is 1.65. The maximum atomic E-state index is 13.1. The molecule has 0 bridgehead atoms. The number of halogens is 1. The van der Waals surface area contributed by atoms with Gasteiger partial charge >= 0.3 is 6.03 Å². The van der Waals surface area contributed by atoms with Gasteiger partial charge in [0.1, 0.15) is 5.82 Å². The van der Waals surface area contributed by atoms with Crippen LogP contribution in [-0.2, 0) is 6.42 Å². The summed E-state index contributed by atoms with van der Waals surface area (Å²) in [6, 6.07) is 9.86. The molecule has 1 aliphatic carbocycles. The molecular weight excluding hydrogens is 335 g/mol. The topological polar surface area (TPSA) is 50.8 Å². The lowest BCUT2D eigenvalue weighted by Gasteiger charge is -2.38. The molecule has 1 N–H and O–H groups in total. The Kier molecular flexibility index (Phi) is 3.51. The third-order valence-electron chi connectivity index (χ3n) is 5.55. The standard InChI is InChI=1S/C20H19FN2O3/c21-14-3-5-15(6-4-14)22-20(24)23-7-1-2-12-8-13-9-17-18(26-11-25-17)10-16(13)19(12)23/h3-6,9-10,12,19H,1-2,7-8,11H2,(H,22,24)/t12-,19+/m1/s1. The molecule has 2 aromatic carbocycles. The van der Waals surface area contributed by atoms with Gasteiger partial charge in [-0.1, -0.05) is 0 Å². The molecule has 0 saturated carbocycles. The minimum atomic E-state index is -0.318. The van der Waals surface area contributed by atoms with Crippen molar-refractivity contribution >= 4 is 11.7 Å². The number of likely N-dealkylation sites (tertiary alicyclic amines) is 1. The highest BCUT2D eigenvalue weighted by atomic mass is 19.1. The molecule has 2 aromatic rings. The number of ether oxygens (including phenoxy) is 2. The zero-order valence-electron chi connectivity index (χ0n) is 14.2. The van der Waals surface area contributed by atoms with E-state index in [2.05, 4.69) is 11.4 Å². The number of fused-ring (bicyclic) bond motifs is 4. The molecule has 5 rings (SSSR count). The predicted molar refractivity (Wildman–Crippen MR) is 93.9 cm³/mol. The molecule has 0 radical (unpaired) electrons. The van der Waals surface area contributed by atoms with Crippen LogP contribution in [0.2, 0.25) is 0 Å². The van der Waals surface area contributed by atoms with Crippen molar-refractivity contribution in [1.82, 2.24) is 4.90 Å². The fourth-order valence-electron chi connectivity index (χ4n) is 4.40. The Morgan fingerprint density at radius 3 is 2.73 bits per heavy atom. The van der Waals surface area contributed by atoms with E-state index in [1.165, 1.54) is 17.7 Å². The summed E-state index contributed by atoms with van der Waals surface area (Å²) < 4.78 is 24.1. The molecule has 0 spiro atoms. The molecule has 2 aliphatic heterocycles. The van der Waals surface area contributed by atoms with Crippen LogP contribution in [0.25, 0.3) is 0 Å². The molecular formula is C20H19FN2O3. The van der Waals surface area contributed by atoms with E-state index >= 15 is 0 Å². The maximum Gasteiger partial charge on any atom is 0.322 e. The van der Waals surface area contributed by atoms with Crippen LogP contribution in [0, 0.1) is 11.7 Å². The summed E-state index contributed by atoms with van der Waals surface area (Å²) >= 11 is 0. The summed E-state index contributed by atoms with van der Waals surface area (Å²) in [4.78, 5) is 14.8. The van der Waals surface area contributed by atoms with Gasteiger partial charge in [0.15, 0.2) is 11.5 Å². The van der Waals surface area contributed by atoms with Crippen molar-refractivity contribution < 1.29 is 18.7 Å². The molecule has 2 amide bonds. The molecule has 2 atom stereocenters. The molecule has 1 fully saturated rings. The first-order valence-electron chi connectivity index (χ1n) is 8.94. The Balaban J connectivity index is 1.43. The molecule has 2 heterocycles. The first kappa shape index (κ1) is 15.5. The van der Waals surface area contributed by atoms with Crippen LogP contribution in [0.4, 0.5) is 14.9 Å². The van der Waals surface area contributed by atoms with E-state index in [-0.39, 0.29) is 24.7 Å². The Labute approximate surface area is 150 Å². The molecule has 26 heavy (non-hydrogen) atoms. The van der Waals surface area contributed by atoms with Crippen molar-refractivity contribution in [2.75, 3.05) is 18.7 Å². The highest BCUT2D eigenvalue weighted by Crippen LogP contribution is 2.49. The number of nitrogens with one attached hydrogen (secondary N) is 1. The Bertz CT molecular complexity index is 868. The lowest BCUT2D eigenvalue weighted by atomic mass is 9.90. The third kappa shape index (κ3) is 2.48. The van der Waals surface area contributed by atoms with Crippen molar-refractivity contribution in [3.05, 3.63) is 53.3 Å². The number of rotatable bonds is 1. The first-order chi connectivity index (χ1) is 12.7. The zero-order chi connectivity index (χ0) is 17.7. The number of hydrogen-bond donors (Lipinski definition) is 1. The largest absolute Gasteiger partial charge is 0.454 e. The molecule has 5 nitrogen and oxygen atoms in total. The van der Waals surface area contributed by atoms with E-state index in [9.17, 15) is 9.18 Å². The normalized spacial score (nSPS) is 22.7. The van der Waals surface area contributed by atoms with Gasteiger partial charge in [0.2, 0.25) is 6.79 Å². The van der Waals surface area contributed by atoms with Crippen molar-refractivity contribution in [2.45, 2.75) is 25.3 Å². The molecule has 0 unspecified atom stereocenters. The van der Waals surface area contributed by atoms with E-state index in [0.717, 1.165) is 36.3 Å². The Hall–Kier alpha value is -2.76. The van der Waals surface area contributed by atoms with Gasteiger partial charge in [-0.25, -0.2) is 9.18 Å². The summed E-state index contributed by atoms with van der Waals surface area (Å²) in [7, 11) is 0. The summed E-state index contributed by atoms with van der Waals surface area (Å²) in [6.45, 7) is 0.961. The number of benzene rings is 2. The second-order valence-corrected chi connectivity index (χ2v) is 7.09. The van der Waals surface area contributed by atoms with E-state index in [1.807, 2.05) is 11.0 Å². The summed E-state index contributed by atoms with van der Waals surface area (Å²) in [5, 5.41) is 2.90. The number of hydrogen-bond acceptors (Lipinski definition) is 3. The zero-order valence-corrected chi connectivity index (χ0v) is 14.2. The van der Waals surface area contributed by atoms with Gasteiger partial charge in [0.05, 0.1) is 6.04 Å². The van der Waals surface area contributed by atoms with Crippen LogP contribution < -0.4 is 14.8 Å². The summed E-state index contributed by atoms with van der Waals surface area (Å²) in [6.07, 6.45) is 3.04. The van der Waals surface area contributed by atoms with E-state index in [1.54, 1.807) is 12.1 Å². The van der Waals surface area contributed by atoms with Gasteiger partial charge in [-0.3, -0.25) is 0 Å². The molecule has 1 saturated heterocycles. The maximum absolute atomic E-state index is 13.1. The highest BCUT2D eigenvalue weighted by molar-refractivity contribution is 5.89. The van der Waals surface area contributed by atoms with Gasteiger partial charge in [-0.15, -0.1) is 0 Å². The molecule has 134 valence electrons. The number of urea groups is 1. The molecule has 6 heteroatoms. The number of nitrogens with zero attached hydrogens (tertiary/aromatic N) is 1. The number of carbonyl (C=O) groups is 1. The smallest absolute Gasteiger partial charge is 0.322 e. The predicted octanol–water partition coefficient (Wildman–Crippen LogP) is 4.10. The van der Waals surface area contributed by atoms with E-state index in [0.29, 0.717) is 18.2 Å². The van der Waals surface area contributed by atoms with Crippen LogP contribution >= 0.6 is 0 Å². The quantitative estimate of drug-likeness (QED) is 0.839. The van der Waals surface area contributed by atoms with Gasteiger partial charge in [-0.05, 0) is 72.7 Å². The fraction of sp³-hybridized carbons (Fsp3) is 0.350. The van der Waals surface area contributed by atoms with E-state index < -0.39 is 0 Å². The molecule has 0 aromatic heterocycles. The monoisotopic (exact) mass is 354 g/mol. The average Bonchev–Trinajstić information content (AvgIpc) is 3.24. The van der Waals surface area contributed by atoms with Crippen LogP contribution in [0.15, 0.2) is 36.4 Å². The second kappa shape index (κ2) is 5.90. The molecule has 3 aliphatic rings. The van der Waals surface area contributed by atoms with Gasteiger partial charge in [0, 0.05) is 12.2 Å². The van der Waals surface area contributed by atoms with Crippen LogP contribution in [0.5, 0.6) is 11.5 Å². The van der Waals surface area contributed by atoms with Crippen molar-refractivity contribution in [3.8, 4) is 11.5 Å². The minimum Gasteiger partial charge on any atom is -0.454 e. The number of piperidine rings is 1. The third-order valence-corrected chi connectivity index (χ3v) is 5.55. The fourth-order valence-corrected chi connectivity index (χ4v) is 4.40. The van der Waals surface area contributed by atoms with Crippen LogP contribution in [0.1, 0.15) is 30.0 Å². The number of anilines is 1. The Morgan fingerprint density at radius 2 is 1.92 bits per heavy atom. The van der Waals surface area contributed by atoms with Crippen LogP contribution in [-0.4, -0.2) is 24.3 Å². The van der Waals surface area contributed by atoms with E-state index in [4.69, 9.17) is 9.47 Å². The average molecular weight is 354 g/mol. The van der Waals surface area contributed by atoms with Crippen molar-refractivity contribution in [1.29, 1.82) is 0 Å². The van der Waals surface area contributed by atoms with Gasteiger partial charge in [-0.2, -0.15) is 0 Å². The lowest BCUT2D eigenvalue weighted by molar-refractivity contribution is 0.131. The SMILES string of the molecule is O=C(Nc1ccc(F)cc1)N1CCC[C@@H]2Cc3cc4c(cc3[C@H]21)OCO4. The van der Waals surface area contributed by atoms with Gasteiger partial charge in [0.25, 0.3) is 0 Å². The lowest BCUT2D eigenvalue weighted by Crippen LogP contribution is -2.43. The van der Waals surface area contributed by atoms with Crippen molar-refractivity contribution in [3.63, 3.8) is 0 Å². The Morgan fingerprint density at radius 1 is 1.15 bits per heavy atom. The van der Waals surface area contributed by atoms with Gasteiger partial charge < -0.3 is 19.7 Å². The van der Waals surface area contributed by atoms with Crippen molar-refractivity contribution in [2.24, 2.45) is 5.92 Å². The minimum absolute atomic E-state index is 0.0497. The second-order valence-electron chi connectivity index (χ2n) is 7.09. The number of amides is 2. The summed E-state index contributed by atoms with van der Waals surface area (Å²) in [5.41, 5.74) is 3.00. The van der Waals surface area contributed by atoms with Crippen LogP contribution in [0.3, 0.4) is 0 Å². The number of carbonyl (C=O) groups excluding carboxylic acids is 1.